The molecule has 7 nitrogen and oxygen atoms in total. The number of aromatic amines is 1. The van der Waals surface area contributed by atoms with Crippen LogP contribution in [0, 0.1) is 4.77 Å². The number of hydrogen-bond donors (Lipinski definition) is 1. The topological polar surface area (TPSA) is 81.5 Å². The average Bonchev–Trinajstić information content (AvgIpc) is 2.48. The van der Waals surface area contributed by atoms with Gasteiger partial charge in [-0.25, -0.2) is 0 Å². The molecule has 0 aliphatic carbocycles. The number of nitrogens with one attached hydrogen (secondary N) is 1. The molecule has 21 heavy (non-hydrogen) atoms. The van der Waals surface area contributed by atoms with Crippen molar-refractivity contribution in [1.82, 2.24) is 14.9 Å². The maximum Gasteiger partial charge on any atom is 0.293 e. The lowest BCUT2D eigenvalue weighted by Crippen LogP contribution is -2.18. The molecule has 2 aromatic rings. The summed E-state index contributed by atoms with van der Waals surface area (Å²) in [5, 5.41) is 10.1. The number of ether oxygens (including phenoxy) is 2. The van der Waals surface area contributed by atoms with E-state index in [1.807, 2.05) is 6.92 Å². The lowest BCUT2D eigenvalue weighted by molar-refractivity contribution is 0.311. The maximum atomic E-state index is 11.6. The average molecular weight is 306 g/mol. The van der Waals surface area contributed by atoms with Crippen LogP contribution in [0.25, 0.3) is 0 Å². The Bertz CT molecular complexity index is 738. The summed E-state index contributed by atoms with van der Waals surface area (Å²) in [6.45, 7) is 2.44. The molecule has 0 bridgehead atoms. The molecular formula is C13H14N4O3S. The number of aromatic nitrogens is 3. The van der Waals surface area contributed by atoms with Gasteiger partial charge >= 0.3 is 0 Å². The molecule has 0 atom stereocenters. The smallest absolute Gasteiger partial charge is 0.293 e. The number of hydrogen-bond acceptors (Lipinski definition) is 6. The second-order valence-corrected chi connectivity index (χ2v) is 4.30. The molecule has 1 aromatic heterocycles. The van der Waals surface area contributed by atoms with Crippen LogP contribution in [0.15, 0.2) is 34.3 Å². The molecule has 2 rings (SSSR count). The van der Waals surface area contributed by atoms with Crippen molar-refractivity contribution in [3.63, 3.8) is 0 Å². The van der Waals surface area contributed by atoms with Crippen molar-refractivity contribution >= 4 is 18.4 Å². The van der Waals surface area contributed by atoms with Gasteiger partial charge in [0.25, 0.3) is 5.56 Å². The predicted octanol–water partition coefficient (Wildman–Crippen LogP) is 1.59. The Morgan fingerprint density at radius 2 is 2.29 bits per heavy atom. The van der Waals surface area contributed by atoms with E-state index in [0.717, 1.165) is 16.4 Å². The first-order chi connectivity index (χ1) is 10.2. The summed E-state index contributed by atoms with van der Waals surface area (Å²) in [6.07, 6.45) is 2.61. The number of benzene rings is 1. The largest absolute Gasteiger partial charge is 0.493 e. The molecule has 8 heteroatoms. The molecule has 0 spiro atoms. The van der Waals surface area contributed by atoms with E-state index in [1.165, 1.54) is 6.21 Å². The Balaban J connectivity index is 2.33. The first-order valence-corrected chi connectivity index (χ1v) is 6.58. The summed E-state index contributed by atoms with van der Waals surface area (Å²) in [5.41, 5.74) is 0.335. The first-order valence-electron chi connectivity index (χ1n) is 6.17. The van der Waals surface area contributed by atoms with Crippen molar-refractivity contribution in [1.29, 1.82) is 0 Å². The highest BCUT2D eigenvalue weighted by molar-refractivity contribution is 7.71. The van der Waals surface area contributed by atoms with E-state index >= 15 is 0 Å². The minimum Gasteiger partial charge on any atom is -0.493 e. The van der Waals surface area contributed by atoms with E-state index in [4.69, 9.17) is 21.7 Å². The molecule has 0 amide bonds. The molecule has 1 aromatic carbocycles. The van der Waals surface area contributed by atoms with Crippen LogP contribution in [-0.2, 0) is 0 Å². The van der Waals surface area contributed by atoms with Crippen molar-refractivity contribution < 1.29 is 9.47 Å². The van der Waals surface area contributed by atoms with Gasteiger partial charge < -0.3 is 9.47 Å². The second kappa shape index (κ2) is 6.80. The van der Waals surface area contributed by atoms with Crippen LogP contribution >= 0.6 is 12.2 Å². The lowest BCUT2D eigenvalue weighted by atomic mass is 10.2. The number of nitrogens with zero attached hydrogens (tertiary/aromatic N) is 3. The van der Waals surface area contributed by atoms with E-state index in [0.29, 0.717) is 18.1 Å². The van der Waals surface area contributed by atoms with Gasteiger partial charge in [-0.15, -0.1) is 0 Å². The van der Waals surface area contributed by atoms with Crippen LogP contribution in [0.5, 0.6) is 11.5 Å². The van der Waals surface area contributed by atoms with Gasteiger partial charge in [0.15, 0.2) is 11.5 Å². The molecule has 110 valence electrons. The standard InChI is InChI=1S/C13H14N4O3S/c1-3-20-10-5-4-9(6-11(10)19-2)7-15-17-12(18)8-14-16-13(17)21/h4-8H,3H2,1-2H3,(H,16,21)/b15-7+. The van der Waals surface area contributed by atoms with E-state index in [-0.39, 0.29) is 4.77 Å². The third kappa shape index (κ3) is 3.54. The molecule has 1 heterocycles. The third-order valence-corrected chi connectivity index (χ3v) is 2.81. The summed E-state index contributed by atoms with van der Waals surface area (Å²) in [7, 11) is 1.56. The highest BCUT2D eigenvalue weighted by Gasteiger charge is 2.04. The van der Waals surface area contributed by atoms with Gasteiger partial charge in [0.2, 0.25) is 4.77 Å². The second-order valence-electron chi connectivity index (χ2n) is 3.91. The molecule has 1 N–H and O–H groups in total. The summed E-state index contributed by atoms with van der Waals surface area (Å²) >= 11 is 4.95. The lowest BCUT2D eigenvalue weighted by Gasteiger charge is -2.09. The summed E-state index contributed by atoms with van der Waals surface area (Å²) in [4.78, 5) is 11.6. The quantitative estimate of drug-likeness (QED) is 0.670. The first kappa shape index (κ1) is 14.9. The van der Waals surface area contributed by atoms with Gasteiger partial charge in [0, 0.05) is 0 Å². The van der Waals surface area contributed by atoms with Gasteiger partial charge in [0.05, 0.1) is 19.9 Å². The molecule has 0 radical (unpaired) electrons. The molecular weight excluding hydrogens is 292 g/mol. The van der Waals surface area contributed by atoms with Gasteiger partial charge in [-0.05, 0) is 42.9 Å². The summed E-state index contributed by atoms with van der Waals surface area (Å²) < 4.78 is 11.8. The Morgan fingerprint density at radius 1 is 1.48 bits per heavy atom. The summed E-state index contributed by atoms with van der Waals surface area (Å²) in [5.74, 6) is 1.24. The van der Waals surface area contributed by atoms with E-state index in [2.05, 4.69) is 15.3 Å². The zero-order chi connectivity index (χ0) is 15.2. The monoisotopic (exact) mass is 306 g/mol. The van der Waals surface area contributed by atoms with Crippen LogP contribution in [0.1, 0.15) is 12.5 Å². The normalized spacial score (nSPS) is 10.8. The Morgan fingerprint density at radius 3 is 2.95 bits per heavy atom. The molecule has 0 aliphatic heterocycles. The van der Waals surface area contributed by atoms with Crippen molar-refractivity contribution in [3.05, 3.63) is 45.1 Å². The number of methoxy groups -OCH3 is 1. The Hall–Kier alpha value is -2.48. The minimum absolute atomic E-state index is 0.122. The van der Waals surface area contributed by atoms with Gasteiger partial charge in [-0.1, -0.05) is 0 Å². The number of rotatable bonds is 5. The van der Waals surface area contributed by atoms with E-state index in [1.54, 1.807) is 25.3 Å². The van der Waals surface area contributed by atoms with Gasteiger partial charge in [0.1, 0.15) is 6.20 Å². The Labute approximate surface area is 125 Å². The van der Waals surface area contributed by atoms with Gasteiger partial charge in [-0.3, -0.25) is 9.89 Å². The zero-order valence-electron chi connectivity index (χ0n) is 11.6. The molecule has 0 aliphatic rings. The van der Waals surface area contributed by atoms with Crippen molar-refractivity contribution in [2.75, 3.05) is 13.7 Å². The van der Waals surface area contributed by atoms with Crippen molar-refractivity contribution in [3.8, 4) is 11.5 Å². The van der Waals surface area contributed by atoms with Crippen LogP contribution in [0.4, 0.5) is 0 Å². The van der Waals surface area contributed by atoms with Crippen molar-refractivity contribution in [2.45, 2.75) is 6.92 Å². The predicted molar refractivity (Wildman–Crippen MR) is 80.8 cm³/mol. The molecule has 0 saturated heterocycles. The highest BCUT2D eigenvalue weighted by atomic mass is 32.1. The number of H-pyrrole nitrogens is 1. The van der Waals surface area contributed by atoms with Gasteiger partial charge in [-0.2, -0.15) is 14.9 Å². The van der Waals surface area contributed by atoms with E-state index in [9.17, 15) is 4.79 Å². The fourth-order valence-corrected chi connectivity index (χ4v) is 1.81. The zero-order valence-corrected chi connectivity index (χ0v) is 12.4. The maximum absolute atomic E-state index is 11.6. The fraction of sp³-hybridized carbons (Fsp3) is 0.231. The fourth-order valence-electron chi connectivity index (χ4n) is 1.62. The minimum atomic E-state index is -0.409. The van der Waals surface area contributed by atoms with E-state index < -0.39 is 5.56 Å². The highest BCUT2D eigenvalue weighted by Crippen LogP contribution is 2.27. The molecule has 0 unspecified atom stereocenters. The SMILES string of the molecule is CCOc1ccc(/C=N/n2c(=O)cn[nH]c2=S)cc1OC. The van der Waals surface area contributed by atoms with Crippen molar-refractivity contribution in [2.24, 2.45) is 5.10 Å². The molecule has 0 fully saturated rings. The Kier molecular flexibility index (Phi) is 4.83. The van der Waals surface area contributed by atoms with Crippen LogP contribution in [0.3, 0.4) is 0 Å². The van der Waals surface area contributed by atoms with Crippen LogP contribution < -0.4 is 15.0 Å². The van der Waals surface area contributed by atoms with Crippen LogP contribution in [-0.4, -0.2) is 34.8 Å². The van der Waals surface area contributed by atoms with Crippen LogP contribution in [0.2, 0.25) is 0 Å². The third-order valence-electron chi connectivity index (χ3n) is 2.55. The summed E-state index contributed by atoms with van der Waals surface area (Å²) in [6, 6.07) is 5.34. The molecule has 0 saturated carbocycles.